The molecule has 0 radical (unpaired) electrons. The number of esters is 1. The van der Waals surface area contributed by atoms with Crippen LogP contribution in [0.15, 0.2) is 24.3 Å². The molecule has 0 fully saturated rings. The molecule has 0 bridgehead atoms. The molecule has 1 N–H and O–H groups in total. The van der Waals surface area contributed by atoms with E-state index in [4.69, 9.17) is 4.74 Å². The van der Waals surface area contributed by atoms with E-state index in [0.717, 1.165) is 12.0 Å². The Labute approximate surface area is 142 Å². The Morgan fingerprint density at radius 2 is 1.70 bits per heavy atom. The van der Waals surface area contributed by atoms with Crippen LogP contribution in [0, 0.1) is 0 Å². The Kier molecular flexibility index (Phi) is 6.54. The number of hydrogen-bond donors (Lipinski definition) is 1. The van der Waals surface area contributed by atoms with Crippen molar-refractivity contribution in [1.29, 1.82) is 0 Å². The summed E-state index contributed by atoms with van der Waals surface area (Å²) in [5.41, 5.74) is 1.04. The third kappa shape index (κ3) is 6.07. The summed E-state index contributed by atoms with van der Waals surface area (Å²) < 4.78 is 20.4. The third-order valence-corrected chi connectivity index (χ3v) is 5.39. The van der Waals surface area contributed by atoms with Crippen molar-refractivity contribution < 1.29 is 13.7 Å². The maximum absolute atomic E-state index is 12.1. The topological polar surface area (TPSA) is 55.4 Å². The molecule has 1 rings (SSSR count). The van der Waals surface area contributed by atoms with Crippen molar-refractivity contribution in [2.75, 3.05) is 0 Å². The maximum Gasteiger partial charge on any atom is 0.338 e. The molecular weight excluding hydrogens is 310 g/mol. The Balaban J connectivity index is 2.76. The zero-order valence-corrected chi connectivity index (χ0v) is 16.0. The predicted molar refractivity (Wildman–Crippen MR) is 95.7 cm³/mol. The first-order valence-electron chi connectivity index (χ1n) is 7.97. The lowest BCUT2D eigenvalue weighted by molar-refractivity contribution is -0.00243. The highest BCUT2D eigenvalue weighted by Gasteiger charge is 2.23. The average Bonchev–Trinajstić information content (AvgIpc) is 2.45. The summed E-state index contributed by atoms with van der Waals surface area (Å²) in [5.74, 6) is -0.317. The van der Waals surface area contributed by atoms with Crippen LogP contribution in [0.5, 0.6) is 0 Å². The summed E-state index contributed by atoms with van der Waals surface area (Å²) in [7, 11) is -1.14. The van der Waals surface area contributed by atoms with E-state index in [1.807, 2.05) is 60.6 Å². The number of ether oxygens (including phenoxy) is 1. The minimum Gasteiger partial charge on any atom is -0.456 e. The lowest BCUT2D eigenvalue weighted by atomic mass is 10.1. The summed E-state index contributed by atoms with van der Waals surface area (Å²) in [6, 6.07) is 7.18. The fraction of sp³-hybridized carbons (Fsp3) is 0.611. The zero-order chi connectivity index (χ0) is 17.8. The molecule has 1 aromatic rings. The molecule has 2 unspecified atom stereocenters. The van der Waals surface area contributed by atoms with E-state index in [1.165, 1.54) is 0 Å². The molecule has 0 spiro atoms. The molecule has 4 nitrogen and oxygen atoms in total. The third-order valence-electron chi connectivity index (χ3n) is 3.71. The second-order valence-electron chi connectivity index (χ2n) is 7.35. The second kappa shape index (κ2) is 7.58. The summed E-state index contributed by atoms with van der Waals surface area (Å²) in [5, 5.41) is 0. The standard InChI is InChI=1S/C18H29NO3S/c1-8-18(6,7)22-16(20)15-11-9-14(10-12-15)13(2)19-23(21)17(3,4)5/h9-13,19H,8H2,1-7H3. The number of hydrogen-bond acceptors (Lipinski definition) is 3. The van der Waals surface area contributed by atoms with Gasteiger partial charge in [-0.1, -0.05) is 19.1 Å². The van der Waals surface area contributed by atoms with Gasteiger partial charge in [0.05, 0.1) is 21.3 Å². The van der Waals surface area contributed by atoms with Crippen LogP contribution in [-0.4, -0.2) is 20.5 Å². The second-order valence-corrected chi connectivity index (χ2v) is 9.34. The van der Waals surface area contributed by atoms with Crippen LogP contribution < -0.4 is 4.72 Å². The van der Waals surface area contributed by atoms with Crippen molar-refractivity contribution in [1.82, 2.24) is 4.72 Å². The monoisotopic (exact) mass is 339 g/mol. The van der Waals surface area contributed by atoms with E-state index in [2.05, 4.69) is 4.72 Å². The van der Waals surface area contributed by atoms with Crippen molar-refractivity contribution in [3.8, 4) is 0 Å². The summed E-state index contributed by atoms with van der Waals surface area (Å²) in [6.45, 7) is 13.5. The molecule has 0 saturated carbocycles. The molecule has 0 heterocycles. The first kappa shape index (κ1) is 19.8. The number of carbonyl (C=O) groups excluding carboxylic acids is 1. The highest BCUT2D eigenvalue weighted by atomic mass is 32.2. The van der Waals surface area contributed by atoms with Crippen LogP contribution in [0.3, 0.4) is 0 Å². The quantitative estimate of drug-likeness (QED) is 0.792. The van der Waals surface area contributed by atoms with Gasteiger partial charge in [-0.2, -0.15) is 0 Å². The van der Waals surface area contributed by atoms with Crippen LogP contribution in [0.1, 0.15) is 76.9 Å². The van der Waals surface area contributed by atoms with E-state index >= 15 is 0 Å². The van der Waals surface area contributed by atoms with Crippen LogP contribution in [0.4, 0.5) is 0 Å². The van der Waals surface area contributed by atoms with Gasteiger partial charge < -0.3 is 4.74 Å². The van der Waals surface area contributed by atoms with E-state index in [1.54, 1.807) is 12.1 Å². The lowest BCUT2D eigenvalue weighted by Crippen LogP contribution is -2.34. The molecule has 5 heteroatoms. The first-order valence-corrected chi connectivity index (χ1v) is 9.12. The lowest BCUT2D eigenvalue weighted by Gasteiger charge is -2.24. The molecular formula is C18H29NO3S. The van der Waals surface area contributed by atoms with E-state index in [-0.39, 0.29) is 16.8 Å². The van der Waals surface area contributed by atoms with E-state index < -0.39 is 16.6 Å². The van der Waals surface area contributed by atoms with Gasteiger partial charge in [-0.25, -0.2) is 13.7 Å². The van der Waals surface area contributed by atoms with Crippen LogP contribution >= 0.6 is 0 Å². The van der Waals surface area contributed by atoms with Crippen molar-refractivity contribution in [2.45, 2.75) is 71.3 Å². The Morgan fingerprint density at radius 1 is 1.17 bits per heavy atom. The Hall–Kier alpha value is -1.20. The highest BCUT2D eigenvalue weighted by molar-refractivity contribution is 7.84. The number of nitrogens with one attached hydrogen (secondary N) is 1. The van der Waals surface area contributed by atoms with E-state index in [0.29, 0.717) is 5.56 Å². The van der Waals surface area contributed by atoms with Gasteiger partial charge in [0.2, 0.25) is 0 Å². The molecule has 0 aromatic heterocycles. The molecule has 130 valence electrons. The summed E-state index contributed by atoms with van der Waals surface area (Å²) in [6.07, 6.45) is 0.760. The molecule has 0 saturated heterocycles. The number of carbonyl (C=O) groups is 1. The van der Waals surface area contributed by atoms with Gasteiger partial charge in [0.15, 0.2) is 0 Å². The zero-order valence-electron chi connectivity index (χ0n) is 15.2. The normalized spacial score (nSPS) is 15.1. The predicted octanol–water partition coefficient (Wildman–Crippen LogP) is 4.14. The molecule has 0 amide bonds. The minimum absolute atomic E-state index is 0.0628. The molecule has 0 aliphatic carbocycles. The number of rotatable bonds is 6. The SMILES string of the molecule is CCC(C)(C)OC(=O)c1ccc(C(C)NS(=O)C(C)(C)C)cc1. The van der Waals surface area contributed by atoms with Gasteiger partial charge >= 0.3 is 5.97 Å². The van der Waals surface area contributed by atoms with Crippen molar-refractivity contribution in [3.05, 3.63) is 35.4 Å². The maximum atomic E-state index is 12.1. The highest BCUT2D eigenvalue weighted by Crippen LogP contribution is 2.20. The van der Waals surface area contributed by atoms with Gasteiger partial charge in [0, 0.05) is 6.04 Å². The summed E-state index contributed by atoms with van der Waals surface area (Å²) >= 11 is 0. The van der Waals surface area contributed by atoms with Gasteiger partial charge in [-0.15, -0.1) is 0 Å². The molecule has 2 atom stereocenters. The fourth-order valence-electron chi connectivity index (χ4n) is 1.70. The minimum atomic E-state index is -1.14. The molecule has 0 aliphatic rings. The summed E-state index contributed by atoms with van der Waals surface area (Å²) in [4.78, 5) is 12.1. The molecule has 0 aliphatic heterocycles. The van der Waals surface area contributed by atoms with Gasteiger partial charge in [0.25, 0.3) is 0 Å². The van der Waals surface area contributed by atoms with Crippen molar-refractivity contribution in [3.63, 3.8) is 0 Å². The van der Waals surface area contributed by atoms with Gasteiger partial charge in [-0.05, 0) is 65.7 Å². The largest absolute Gasteiger partial charge is 0.456 e. The van der Waals surface area contributed by atoms with Gasteiger partial charge in [-0.3, -0.25) is 0 Å². The van der Waals surface area contributed by atoms with Crippen molar-refractivity contribution >= 4 is 17.0 Å². The average molecular weight is 340 g/mol. The van der Waals surface area contributed by atoms with Crippen LogP contribution in [-0.2, 0) is 15.7 Å². The Bertz CT molecular complexity index is 559. The Morgan fingerprint density at radius 3 is 2.13 bits per heavy atom. The van der Waals surface area contributed by atoms with Gasteiger partial charge in [0.1, 0.15) is 5.60 Å². The van der Waals surface area contributed by atoms with Crippen LogP contribution in [0.25, 0.3) is 0 Å². The smallest absolute Gasteiger partial charge is 0.338 e. The first-order chi connectivity index (χ1) is 10.5. The van der Waals surface area contributed by atoms with Crippen molar-refractivity contribution in [2.24, 2.45) is 0 Å². The molecule has 23 heavy (non-hydrogen) atoms. The molecule has 1 aromatic carbocycles. The fourth-order valence-corrected chi connectivity index (χ4v) is 2.51. The van der Waals surface area contributed by atoms with Crippen LogP contribution in [0.2, 0.25) is 0 Å². The van der Waals surface area contributed by atoms with E-state index in [9.17, 15) is 9.00 Å². The number of benzene rings is 1.